The van der Waals surface area contributed by atoms with Crippen LogP contribution in [-0.4, -0.2) is 22.0 Å². The molecular formula is C15H16N2O4. The van der Waals surface area contributed by atoms with Crippen molar-refractivity contribution in [3.05, 3.63) is 53.2 Å². The zero-order valence-corrected chi connectivity index (χ0v) is 11.8. The summed E-state index contributed by atoms with van der Waals surface area (Å²) in [6, 6.07) is 6.32. The monoisotopic (exact) mass is 288 g/mol. The second kappa shape index (κ2) is 6.21. The Kier molecular flexibility index (Phi) is 4.37. The molecule has 1 aromatic heterocycles. The Labute approximate surface area is 121 Å². The molecule has 1 amide bonds. The predicted molar refractivity (Wildman–Crippen MR) is 75.2 cm³/mol. The standard InChI is InChI=1S/C15H16N2O4/c1-9(2)13-12(17-8-21-13)14(18)16-7-10-3-5-11(6-4-10)15(19)20/h3-6,8-9H,7H2,1-2H3,(H,16,18)(H,19,20). The molecule has 0 saturated heterocycles. The zero-order chi connectivity index (χ0) is 15.4. The van der Waals surface area contributed by atoms with Crippen LogP contribution in [0, 0.1) is 0 Å². The van der Waals surface area contributed by atoms with Gasteiger partial charge in [0, 0.05) is 12.5 Å². The summed E-state index contributed by atoms with van der Waals surface area (Å²) in [4.78, 5) is 26.7. The number of carbonyl (C=O) groups is 2. The van der Waals surface area contributed by atoms with Crippen molar-refractivity contribution in [2.24, 2.45) is 0 Å². The number of benzene rings is 1. The number of nitrogens with zero attached hydrogens (tertiary/aromatic N) is 1. The van der Waals surface area contributed by atoms with Crippen LogP contribution >= 0.6 is 0 Å². The van der Waals surface area contributed by atoms with Crippen LogP contribution in [-0.2, 0) is 6.54 Å². The lowest BCUT2D eigenvalue weighted by molar-refractivity contribution is 0.0696. The highest BCUT2D eigenvalue weighted by Gasteiger charge is 2.18. The van der Waals surface area contributed by atoms with Crippen LogP contribution in [0.15, 0.2) is 35.1 Å². The Morgan fingerprint density at radius 3 is 2.52 bits per heavy atom. The van der Waals surface area contributed by atoms with E-state index in [9.17, 15) is 9.59 Å². The maximum atomic E-state index is 12.1. The van der Waals surface area contributed by atoms with Crippen LogP contribution in [0.2, 0.25) is 0 Å². The highest BCUT2D eigenvalue weighted by molar-refractivity contribution is 5.93. The van der Waals surface area contributed by atoms with E-state index < -0.39 is 5.97 Å². The number of carbonyl (C=O) groups excluding carboxylic acids is 1. The second-order valence-electron chi connectivity index (χ2n) is 4.90. The van der Waals surface area contributed by atoms with Gasteiger partial charge in [-0.2, -0.15) is 0 Å². The van der Waals surface area contributed by atoms with Crippen molar-refractivity contribution < 1.29 is 19.1 Å². The van der Waals surface area contributed by atoms with Crippen molar-refractivity contribution in [1.82, 2.24) is 10.3 Å². The molecule has 0 saturated carbocycles. The summed E-state index contributed by atoms with van der Waals surface area (Å²) in [5, 5.41) is 11.5. The van der Waals surface area contributed by atoms with E-state index in [0.29, 0.717) is 12.3 Å². The highest BCUT2D eigenvalue weighted by atomic mass is 16.4. The fourth-order valence-corrected chi connectivity index (χ4v) is 1.87. The Morgan fingerprint density at radius 1 is 1.29 bits per heavy atom. The number of aromatic carboxylic acids is 1. The Bertz CT molecular complexity index is 644. The van der Waals surface area contributed by atoms with Gasteiger partial charge in [0.15, 0.2) is 12.1 Å². The number of amides is 1. The summed E-state index contributed by atoms with van der Waals surface area (Å²) in [6.07, 6.45) is 1.26. The van der Waals surface area contributed by atoms with Crippen molar-refractivity contribution >= 4 is 11.9 Å². The smallest absolute Gasteiger partial charge is 0.335 e. The molecule has 0 fully saturated rings. The SMILES string of the molecule is CC(C)c1ocnc1C(=O)NCc1ccc(C(=O)O)cc1. The topological polar surface area (TPSA) is 92.4 Å². The molecule has 6 heteroatoms. The van der Waals surface area contributed by atoms with Crippen LogP contribution in [0.5, 0.6) is 0 Å². The zero-order valence-electron chi connectivity index (χ0n) is 11.8. The van der Waals surface area contributed by atoms with E-state index in [2.05, 4.69) is 10.3 Å². The number of nitrogens with one attached hydrogen (secondary N) is 1. The van der Waals surface area contributed by atoms with Crippen molar-refractivity contribution in [3.63, 3.8) is 0 Å². The van der Waals surface area contributed by atoms with Gasteiger partial charge in [-0.15, -0.1) is 0 Å². The summed E-state index contributed by atoms with van der Waals surface area (Å²) in [6.45, 7) is 4.13. The summed E-state index contributed by atoms with van der Waals surface area (Å²) < 4.78 is 5.20. The van der Waals surface area contributed by atoms with Crippen molar-refractivity contribution in [2.45, 2.75) is 26.3 Å². The van der Waals surface area contributed by atoms with Gasteiger partial charge in [-0.3, -0.25) is 4.79 Å². The third-order valence-corrected chi connectivity index (χ3v) is 2.99. The number of rotatable bonds is 5. The predicted octanol–water partition coefficient (Wildman–Crippen LogP) is 2.43. The van der Waals surface area contributed by atoms with Crippen molar-refractivity contribution in [3.8, 4) is 0 Å². The quantitative estimate of drug-likeness (QED) is 0.881. The summed E-state index contributed by atoms with van der Waals surface area (Å²) in [5.41, 5.74) is 1.30. The average Bonchev–Trinajstić information content (AvgIpc) is 2.95. The van der Waals surface area contributed by atoms with Gasteiger partial charge >= 0.3 is 5.97 Å². The first-order valence-corrected chi connectivity index (χ1v) is 6.53. The number of hydrogen-bond donors (Lipinski definition) is 2. The fraction of sp³-hybridized carbons (Fsp3) is 0.267. The molecule has 0 bridgehead atoms. The van der Waals surface area contributed by atoms with Gasteiger partial charge < -0.3 is 14.8 Å². The lowest BCUT2D eigenvalue weighted by atomic mass is 10.1. The summed E-state index contributed by atoms with van der Waals surface area (Å²) in [5.74, 6) is -0.665. The maximum absolute atomic E-state index is 12.1. The van der Waals surface area contributed by atoms with Crippen LogP contribution in [0.3, 0.4) is 0 Å². The molecule has 2 N–H and O–H groups in total. The van der Waals surface area contributed by atoms with Gasteiger partial charge in [-0.05, 0) is 17.7 Å². The minimum atomic E-state index is -0.977. The molecular weight excluding hydrogens is 272 g/mol. The molecule has 0 unspecified atom stereocenters. The normalized spacial score (nSPS) is 10.6. The number of aromatic nitrogens is 1. The van der Waals surface area contributed by atoms with Crippen LogP contribution in [0.4, 0.5) is 0 Å². The Balaban J connectivity index is 2.00. The minimum absolute atomic E-state index is 0.0723. The van der Waals surface area contributed by atoms with E-state index in [-0.39, 0.29) is 23.1 Å². The molecule has 2 aromatic rings. The molecule has 0 spiro atoms. The number of hydrogen-bond acceptors (Lipinski definition) is 4. The third kappa shape index (κ3) is 3.47. The largest absolute Gasteiger partial charge is 0.478 e. The molecule has 0 atom stereocenters. The Hall–Kier alpha value is -2.63. The lowest BCUT2D eigenvalue weighted by Crippen LogP contribution is -2.24. The lowest BCUT2D eigenvalue weighted by Gasteiger charge is -2.06. The first-order chi connectivity index (χ1) is 9.99. The van der Waals surface area contributed by atoms with Crippen molar-refractivity contribution in [2.75, 3.05) is 0 Å². The van der Waals surface area contributed by atoms with Gasteiger partial charge in [0.2, 0.25) is 0 Å². The fourth-order valence-electron chi connectivity index (χ4n) is 1.87. The van der Waals surface area contributed by atoms with Gasteiger partial charge in [-0.1, -0.05) is 26.0 Å². The number of oxazole rings is 1. The van der Waals surface area contributed by atoms with Gasteiger partial charge in [0.1, 0.15) is 5.76 Å². The molecule has 2 rings (SSSR count). The summed E-state index contributed by atoms with van der Waals surface area (Å²) >= 11 is 0. The van der Waals surface area contributed by atoms with E-state index >= 15 is 0 Å². The first-order valence-electron chi connectivity index (χ1n) is 6.53. The molecule has 6 nitrogen and oxygen atoms in total. The molecule has 1 aromatic carbocycles. The minimum Gasteiger partial charge on any atom is -0.478 e. The molecule has 110 valence electrons. The molecule has 0 aliphatic rings. The summed E-state index contributed by atoms with van der Waals surface area (Å²) in [7, 11) is 0. The van der Waals surface area contributed by atoms with Crippen molar-refractivity contribution in [1.29, 1.82) is 0 Å². The van der Waals surface area contributed by atoms with Gasteiger partial charge in [0.25, 0.3) is 5.91 Å². The number of carboxylic acids is 1. The van der Waals surface area contributed by atoms with E-state index in [0.717, 1.165) is 5.56 Å². The molecule has 0 aliphatic heterocycles. The molecule has 1 heterocycles. The van der Waals surface area contributed by atoms with Gasteiger partial charge in [0.05, 0.1) is 5.56 Å². The molecule has 0 aliphatic carbocycles. The van der Waals surface area contributed by atoms with E-state index in [4.69, 9.17) is 9.52 Å². The van der Waals surface area contributed by atoms with Gasteiger partial charge in [-0.25, -0.2) is 9.78 Å². The van der Waals surface area contributed by atoms with E-state index in [1.54, 1.807) is 12.1 Å². The Morgan fingerprint density at radius 2 is 1.95 bits per heavy atom. The highest BCUT2D eigenvalue weighted by Crippen LogP contribution is 2.18. The third-order valence-electron chi connectivity index (χ3n) is 2.99. The van der Waals surface area contributed by atoms with E-state index in [1.165, 1.54) is 18.5 Å². The molecule has 0 radical (unpaired) electrons. The van der Waals surface area contributed by atoms with Crippen LogP contribution < -0.4 is 5.32 Å². The maximum Gasteiger partial charge on any atom is 0.335 e. The second-order valence-corrected chi connectivity index (χ2v) is 4.90. The number of carboxylic acid groups (broad SMARTS) is 1. The van der Waals surface area contributed by atoms with Crippen LogP contribution in [0.25, 0.3) is 0 Å². The average molecular weight is 288 g/mol. The molecule has 21 heavy (non-hydrogen) atoms. The van der Waals surface area contributed by atoms with Crippen LogP contribution in [0.1, 0.15) is 51.9 Å². The first kappa shape index (κ1) is 14.8. The van der Waals surface area contributed by atoms with E-state index in [1.807, 2.05) is 13.8 Å².